The summed E-state index contributed by atoms with van der Waals surface area (Å²) in [5.74, 6) is -0.127. The van der Waals surface area contributed by atoms with Gasteiger partial charge in [0.15, 0.2) is 0 Å². The van der Waals surface area contributed by atoms with Gasteiger partial charge in [-0.15, -0.1) is 0 Å². The van der Waals surface area contributed by atoms with Gasteiger partial charge in [-0.2, -0.15) is 0 Å². The van der Waals surface area contributed by atoms with Crippen LogP contribution in [0.25, 0.3) is 0 Å². The number of nitrogens with one attached hydrogen (secondary N) is 1. The number of carbonyl (C=O) groups is 1. The molecule has 1 aliphatic heterocycles. The van der Waals surface area contributed by atoms with Crippen molar-refractivity contribution in [3.8, 4) is 5.75 Å². The lowest BCUT2D eigenvalue weighted by Crippen LogP contribution is -2.41. The fourth-order valence-corrected chi connectivity index (χ4v) is 3.51. The van der Waals surface area contributed by atoms with E-state index >= 15 is 0 Å². The minimum absolute atomic E-state index is 0.248. The molecule has 2 heterocycles. The SMILES string of the molecule is Cc1cc(F)c(B2OC(C)(C)C(C)(C)O2)cc1NC(=O)c1ccc(OCc2ccccn2)cc1. The van der Waals surface area contributed by atoms with Crippen LogP contribution in [0.3, 0.4) is 0 Å². The Hall–Kier alpha value is -3.23. The normalized spacial score (nSPS) is 16.4. The Morgan fingerprint density at radius 2 is 1.74 bits per heavy atom. The van der Waals surface area contributed by atoms with E-state index in [1.807, 2.05) is 45.9 Å². The Bertz CT molecular complexity index is 1170. The first-order valence-electron chi connectivity index (χ1n) is 11.2. The quantitative estimate of drug-likeness (QED) is 0.540. The molecule has 1 fully saturated rings. The number of pyridine rings is 1. The summed E-state index contributed by atoms with van der Waals surface area (Å²) >= 11 is 0. The topological polar surface area (TPSA) is 69.7 Å². The van der Waals surface area contributed by atoms with Crippen molar-refractivity contribution in [1.29, 1.82) is 0 Å². The van der Waals surface area contributed by atoms with Crippen molar-refractivity contribution in [1.82, 2.24) is 4.98 Å². The van der Waals surface area contributed by atoms with Crippen molar-refractivity contribution in [2.45, 2.75) is 52.4 Å². The first-order valence-corrected chi connectivity index (χ1v) is 11.2. The van der Waals surface area contributed by atoms with Crippen molar-refractivity contribution in [2.75, 3.05) is 5.32 Å². The fraction of sp³-hybridized carbons (Fsp3) is 0.308. The number of carbonyl (C=O) groups excluding carboxylic acids is 1. The number of ether oxygens (including phenoxy) is 1. The standard InChI is InChI=1S/C26H28BFN2O4/c1-17-14-22(28)21(27-33-25(2,3)26(4,5)34-27)15-23(17)30-24(31)18-9-11-20(12-10-18)32-16-19-8-6-7-13-29-19/h6-15H,16H2,1-5H3,(H,30,31). The summed E-state index contributed by atoms with van der Waals surface area (Å²) in [5.41, 5.74) is 1.41. The van der Waals surface area contributed by atoms with Gasteiger partial charge in [-0.1, -0.05) is 6.07 Å². The summed E-state index contributed by atoms with van der Waals surface area (Å²) in [6, 6.07) is 15.4. The summed E-state index contributed by atoms with van der Waals surface area (Å²) in [4.78, 5) is 17.1. The van der Waals surface area contributed by atoms with Crippen LogP contribution in [0.15, 0.2) is 60.8 Å². The lowest BCUT2D eigenvalue weighted by Gasteiger charge is -2.32. The van der Waals surface area contributed by atoms with Crippen molar-refractivity contribution >= 4 is 24.2 Å². The Morgan fingerprint density at radius 3 is 2.35 bits per heavy atom. The average Bonchev–Trinajstić information content (AvgIpc) is 3.01. The molecule has 4 rings (SSSR count). The molecular formula is C26H28BFN2O4. The van der Waals surface area contributed by atoms with Crippen LogP contribution in [-0.2, 0) is 15.9 Å². The van der Waals surface area contributed by atoms with E-state index in [1.165, 1.54) is 6.07 Å². The van der Waals surface area contributed by atoms with Crippen molar-refractivity contribution < 1.29 is 23.2 Å². The molecule has 1 saturated heterocycles. The molecule has 0 bridgehead atoms. The number of hydrogen-bond donors (Lipinski definition) is 1. The monoisotopic (exact) mass is 462 g/mol. The fourth-order valence-electron chi connectivity index (χ4n) is 3.51. The molecule has 1 aromatic heterocycles. The van der Waals surface area contributed by atoms with Crippen LogP contribution in [0.1, 0.15) is 49.3 Å². The largest absolute Gasteiger partial charge is 0.497 e. The van der Waals surface area contributed by atoms with Gasteiger partial charge in [0.1, 0.15) is 18.2 Å². The molecule has 0 saturated carbocycles. The zero-order chi connectivity index (χ0) is 24.5. The molecule has 2 aromatic carbocycles. The molecule has 0 radical (unpaired) electrons. The number of halogens is 1. The first kappa shape index (κ1) is 23.9. The van der Waals surface area contributed by atoms with Crippen molar-refractivity contribution in [3.05, 3.63) is 83.4 Å². The second-order valence-electron chi connectivity index (χ2n) is 9.37. The third kappa shape index (κ3) is 4.98. The molecule has 6 nitrogen and oxygen atoms in total. The minimum Gasteiger partial charge on any atom is -0.487 e. The van der Waals surface area contributed by atoms with Crippen LogP contribution < -0.4 is 15.5 Å². The predicted molar refractivity (Wildman–Crippen MR) is 130 cm³/mol. The maximum atomic E-state index is 14.8. The molecule has 8 heteroatoms. The van der Waals surface area contributed by atoms with Crippen LogP contribution in [0.2, 0.25) is 0 Å². The summed E-state index contributed by atoms with van der Waals surface area (Å²) in [7, 11) is -0.864. The van der Waals surface area contributed by atoms with Crippen molar-refractivity contribution in [2.24, 2.45) is 0 Å². The maximum absolute atomic E-state index is 14.8. The highest BCUT2D eigenvalue weighted by Crippen LogP contribution is 2.37. The minimum atomic E-state index is -0.864. The van der Waals surface area contributed by atoms with Crippen molar-refractivity contribution in [3.63, 3.8) is 0 Å². The number of nitrogens with zero attached hydrogens (tertiary/aromatic N) is 1. The third-order valence-corrected chi connectivity index (χ3v) is 6.33. The second-order valence-corrected chi connectivity index (χ2v) is 9.37. The van der Waals surface area contributed by atoms with Crippen LogP contribution in [0.4, 0.5) is 10.1 Å². The van der Waals surface area contributed by atoms with E-state index in [-0.39, 0.29) is 11.4 Å². The van der Waals surface area contributed by atoms with E-state index < -0.39 is 24.1 Å². The number of rotatable bonds is 6. The number of aryl methyl sites for hydroxylation is 1. The molecule has 1 amide bonds. The molecule has 176 valence electrons. The Balaban J connectivity index is 1.46. The molecule has 0 unspecified atom stereocenters. The first-order chi connectivity index (χ1) is 16.1. The highest BCUT2D eigenvalue weighted by atomic mass is 19.1. The molecule has 3 aromatic rings. The van der Waals surface area contributed by atoms with E-state index in [2.05, 4.69) is 10.3 Å². The lowest BCUT2D eigenvalue weighted by atomic mass is 9.78. The smallest absolute Gasteiger partial charge is 0.487 e. The van der Waals surface area contributed by atoms with Gasteiger partial charge in [0.25, 0.3) is 5.91 Å². The van der Waals surface area contributed by atoms with E-state index in [9.17, 15) is 9.18 Å². The summed E-state index contributed by atoms with van der Waals surface area (Å²) in [5, 5.41) is 2.87. The third-order valence-electron chi connectivity index (χ3n) is 6.33. The molecule has 1 N–H and O–H groups in total. The van der Waals surface area contributed by atoms with Crippen LogP contribution >= 0.6 is 0 Å². The Kier molecular flexibility index (Phi) is 6.47. The number of anilines is 1. The summed E-state index contributed by atoms with van der Waals surface area (Å²) < 4.78 is 32.5. The van der Waals surface area contributed by atoms with Gasteiger partial charge in [-0.05, 0) is 88.7 Å². The lowest BCUT2D eigenvalue weighted by molar-refractivity contribution is 0.00578. The molecule has 34 heavy (non-hydrogen) atoms. The highest BCUT2D eigenvalue weighted by Gasteiger charge is 2.52. The van der Waals surface area contributed by atoms with Crippen LogP contribution in [0.5, 0.6) is 5.75 Å². The summed E-state index contributed by atoms with van der Waals surface area (Å²) in [6.45, 7) is 9.71. The van der Waals surface area contributed by atoms with Crippen LogP contribution in [0, 0.1) is 12.7 Å². The molecule has 0 spiro atoms. The zero-order valence-corrected chi connectivity index (χ0v) is 20.0. The molecular weight excluding hydrogens is 434 g/mol. The number of hydrogen-bond acceptors (Lipinski definition) is 5. The van der Waals surface area contributed by atoms with Gasteiger partial charge in [-0.25, -0.2) is 4.39 Å². The second kappa shape index (κ2) is 9.20. The van der Waals surface area contributed by atoms with Gasteiger partial charge in [-0.3, -0.25) is 9.78 Å². The number of amides is 1. The van der Waals surface area contributed by atoms with E-state index in [1.54, 1.807) is 43.5 Å². The van der Waals surface area contributed by atoms with E-state index in [0.29, 0.717) is 29.2 Å². The highest BCUT2D eigenvalue weighted by molar-refractivity contribution is 6.62. The van der Waals surface area contributed by atoms with E-state index in [0.717, 1.165) is 5.69 Å². The predicted octanol–water partition coefficient (Wildman–Crippen LogP) is 4.66. The zero-order valence-electron chi connectivity index (χ0n) is 20.0. The van der Waals surface area contributed by atoms with E-state index in [4.69, 9.17) is 14.0 Å². The van der Waals surface area contributed by atoms with Gasteiger partial charge < -0.3 is 19.4 Å². The number of benzene rings is 2. The van der Waals surface area contributed by atoms with Gasteiger partial charge in [0, 0.05) is 22.9 Å². The summed E-state index contributed by atoms with van der Waals surface area (Å²) in [6.07, 6.45) is 1.71. The van der Waals surface area contributed by atoms with Gasteiger partial charge in [0.2, 0.25) is 0 Å². The van der Waals surface area contributed by atoms with Gasteiger partial charge in [0.05, 0.1) is 16.9 Å². The van der Waals surface area contributed by atoms with Gasteiger partial charge >= 0.3 is 7.12 Å². The molecule has 0 atom stereocenters. The molecule has 1 aliphatic rings. The Labute approximate surface area is 199 Å². The average molecular weight is 462 g/mol. The Morgan fingerprint density at radius 1 is 1.06 bits per heavy atom. The molecule has 0 aliphatic carbocycles. The number of aromatic nitrogens is 1. The van der Waals surface area contributed by atoms with Crippen LogP contribution in [-0.4, -0.2) is 29.2 Å². The maximum Gasteiger partial charge on any atom is 0.497 e.